The van der Waals surface area contributed by atoms with Gasteiger partial charge >= 0.3 is 0 Å². The second kappa shape index (κ2) is 7.06. The fourth-order valence-corrected chi connectivity index (χ4v) is 5.89. The molecule has 4 aromatic rings. The van der Waals surface area contributed by atoms with E-state index in [0.29, 0.717) is 15.9 Å². The summed E-state index contributed by atoms with van der Waals surface area (Å²) in [6.45, 7) is 3.65. The summed E-state index contributed by atoms with van der Waals surface area (Å²) in [5, 5.41) is 6.19. The van der Waals surface area contributed by atoms with Crippen LogP contribution >= 0.6 is 11.6 Å². The smallest absolute Gasteiger partial charge is 0.268 e. The van der Waals surface area contributed by atoms with Gasteiger partial charge in [-0.15, -0.1) is 0 Å². The van der Waals surface area contributed by atoms with Crippen LogP contribution in [0.4, 0.5) is 5.69 Å². The Morgan fingerprint density at radius 1 is 0.828 bits per heavy atom. The second-order valence-electron chi connectivity index (χ2n) is 7.15. The van der Waals surface area contributed by atoms with Gasteiger partial charge in [0.05, 0.1) is 10.4 Å². The molecule has 0 bridgehead atoms. The average molecular weight is 426 g/mol. The Morgan fingerprint density at radius 3 is 2.38 bits per heavy atom. The van der Waals surface area contributed by atoms with Gasteiger partial charge in [-0.1, -0.05) is 41.9 Å². The molecular weight excluding hydrogens is 406 g/mol. The SMILES string of the molecule is O=S(=O)(c1cccc2c(Cl)cccc12)n1ccc2c(N3CCNCC3)cccc21. The second-order valence-corrected chi connectivity index (χ2v) is 9.35. The van der Waals surface area contributed by atoms with E-state index in [9.17, 15) is 8.42 Å². The van der Waals surface area contributed by atoms with E-state index in [1.54, 1.807) is 36.5 Å². The highest BCUT2D eigenvalue weighted by Crippen LogP contribution is 2.33. The molecule has 7 heteroatoms. The minimum Gasteiger partial charge on any atom is -0.368 e. The predicted molar refractivity (Wildman–Crippen MR) is 119 cm³/mol. The fourth-order valence-electron chi connectivity index (χ4n) is 4.09. The zero-order valence-electron chi connectivity index (χ0n) is 15.7. The lowest BCUT2D eigenvalue weighted by Crippen LogP contribution is -2.43. The largest absolute Gasteiger partial charge is 0.368 e. The molecule has 1 aromatic heterocycles. The van der Waals surface area contributed by atoms with Crippen LogP contribution in [0.3, 0.4) is 0 Å². The number of hydrogen-bond donors (Lipinski definition) is 1. The zero-order chi connectivity index (χ0) is 20.0. The van der Waals surface area contributed by atoms with E-state index < -0.39 is 10.0 Å². The number of piperazine rings is 1. The monoisotopic (exact) mass is 425 g/mol. The molecule has 0 aliphatic carbocycles. The van der Waals surface area contributed by atoms with Crippen molar-refractivity contribution in [2.45, 2.75) is 4.90 Å². The predicted octanol–water partition coefficient (Wildman–Crippen LogP) is 4.09. The summed E-state index contributed by atoms with van der Waals surface area (Å²) in [7, 11) is -3.79. The quantitative estimate of drug-likeness (QED) is 0.537. The molecular formula is C22H20ClN3O2S. The maximum absolute atomic E-state index is 13.6. The van der Waals surface area contributed by atoms with Crippen molar-refractivity contribution in [2.24, 2.45) is 0 Å². The summed E-state index contributed by atoms with van der Waals surface area (Å²) in [4.78, 5) is 2.55. The third-order valence-electron chi connectivity index (χ3n) is 5.50. The van der Waals surface area contributed by atoms with E-state index in [0.717, 1.165) is 42.6 Å². The molecule has 1 aliphatic heterocycles. The van der Waals surface area contributed by atoms with Crippen LogP contribution in [0.5, 0.6) is 0 Å². The van der Waals surface area contributed by atoms with Crippen molar-refractivity contribution in [3.05, 3.63) is 71.9 Å². The summed E-state index contributed by atoms with van der Waals surface area (Å²) < 4.78 is 28.6. The van der Waals surface area contributed by atoms with Crippen LogP contribution in [0, 0.1) is 0 Å². The normalized spacial score (nSPS) is 15.3. The van der Waals surface area contributed by atoms with E-state index in [1.165, 1.54) is 3.97 Å². The molecule has 1 fully saturated rings. The molecule has 1 saturated heterocycles. The standard InChI is InChI=1S/C22H20ClN3O2S/c23-19-6-1-5-17-16(19)4-2-9-22(17)29(27,28)26-13-10-18-20(7-3-8-21(18)26)25-14-11-24-12-15-25/h1-10,13,24H,11-12,14-15H2. The molecule has 0 unspecified atom stereocenters. The first-order chi connectivity index (χ1) is 14.1. The molecule has 0 spiro atoms. The van der Waals surface area contributed by atoms with E-state index >= 15 is 0 Å². The van der Waals surface area contributed by atoms with Gasteiger partial charge in [0.25, 0.3) is 10.0 Å². The van der Waals surface area contributed by atoms with Crippen molar-refractivity contribution in [1.29, 1.82) is 0 Å². The van der Waals surface area contributed by atoms with Crippen LogP contribution in [0.1, 0.15) is 0 Å². The number of halogens is 1. The number of hydrogen-bond acceptors (Lipinski definition) is 4. The van der Waals surface area contributed by atoms with E-state index in [-0.39, 0.29) is 4.90 Å². The van der Waals surface area contributed by atoms with Crippen LogP contribution in [0.2, 0.25) is 5.02 Å². The number of fused-ring (bicyclic) bond motifs is 2. The molecule has 0 radical (unpaired) electrons. The topological polar surface area (TPSA) is 54.3 Å². The molecule has 148 valence electrons. The van der Waals surface area contributed by atoms with Crippen LogP contribution in [-0.2, 0) is 10.0 Å². The maximum atomic E-state index is 13.6. The summed E-state index contributed by atoms with van der Waals surface area (Å²) in [5.74, 6) is 0. The molecule has 0 amide bonds. The Bertz CT molecular complexity index is 1320. The van der Waals surface area contributed by atoms with Crippen molar-refractivity contribution in [2.75, 3.05) is 31.1 Å². The molecule has 0 saturated carbocycles. The van der Waals surface area contributed by atoms with Gasteiger partial charge in [0, 0.05) is 59.2 Å². The average Bonchev–Trinajstić information content (AvgIpc) is 3.19. The first-order valence-corrected chi connectivity index (χ1v) is 11.4. The summed E-state index contributed by atoms with van der Waals surface area (Å²) >= 11 is 6.29. The Labute approximate surface area is 174 Å². The number of aromatic nitrogens is 1. The number of nitrogens with zero attached hydrogens (tertiary/aromatic N) is 2. The zero-order valence-corrected chi connectivity index (χ0v) is 17.2. The van der Waals surface area contributed by atoms with E-state index in [4.69, 9.17) is 11.6 Å². The van der Waals surface area contributed by atoms with Crippen molar-refractivity contribution < 1.29 is 8.42 Å². The molecule has 5 nitrogen and oxygen atoms in total. The highest BCUT2D eigenvalue weighted by Gasteiger charge is 2.23. The number of benzene rings is 3. The van der Waals surface area contributed by atoms with Crippen molar-refractivity contribution in [1.82, 2.24) is 9.29 Å². The lowest BCUT2D eigenvalue weighted by atomic mass is 10.1. The number of anilines is 1. The summed E-state index contributed by atoms with van der Waals surface area (Å²) in [6, 6.07) is 18.3. The van der Waals surface area contributed by atoms with Crippen molar-refractivity contribution in [3.8, 4) is 0 Å². The van der Waals surface area contributed by atoms with Gasteiger partial charge in [-0.3, -0.25) is 0 Å². The minimum absolute atomic E-state index is 0.252. The van der Waals surface area contributed by atoms with Crippen LogP contribution in [0.15, 0.2) is 71.8 Å². The molecule has 3 aromatic carbocycles. The molecule has 2 heterocycles. The van der Waals surface area contributed by atoms with E-state index in [1.807, 2.05) is 24.3 Å². The summed E-state index contributed by atoms with van der Waals surface area (Å²) in [5.41, 5.74) is 1.75. The molecule has 29 heavy (non-hydrogen) atoms. The third-order valence-corrected chi connectivity index (χ3v) is 7.58. The molecule has 1 N–H and O–H groups in total. The highest BCUT2D eigenvalue weighted by molar-refractivity contribution is 7.90. The summed E-state index contributed by atoms with van der Waals surface area (Å²) in [6.07, 6.45) is 1.65. The van der Waals surface area contributed by atoms with E-state index in [2.05, 4.69) is 16.3 Å². The number of nitrogens with one attached hydrogen (secondary N) is 1. The highest BCUT2D eigenvalue weighted by atomic mass is 35.5. The van der Waals surface area contributed by atoms with Gasteiger partial charge in [0.1, 0.15) is 0 Å². The van der Waals surface area contributed by atoms with Gasteiger partial charge < -0.3 is 10.2 Å². The van der Waals surface area contributed by atoms with Gasteiger partial charge in [-0.05, 0) is 30.3 Å². The maximum Gasteiger partial charge on any atom is 0.268 e. The lowest BCUT2D eigenvalue weighted by molar-refractivity contribution is 0.589. The van der Waals surface area contributed by atoms with Crippen molar-refractivity contribution >= 4 is 49.0 Å². The van der Waals surface area contributed by atoms with Crippen LogP contribution in [0.25, 0.3) is 21.7 Å². The Hall–Kier alpha value is -2.54. The third kappa shape index (κ3) is 2.99. The first-order valence-electron chi connectivity index (χ1n) is 9.56. The van der Waals surface area contributed by atoms with Gasteiger partial charge in [0.2, 0.25) is 0 Å². The van der Waals surface area contributed by atoms with Gasteiger partial charge in [-0.2, -0.15) is 0 Å². The fraction of sp³-hybridized carbons (Fsp3) is 0.182. The molecule has 1 aliphatic rings. The van der Waals surface area contributed by atoms with Gasteiger partial charge in [-0.25, -0.2) is 12.4 Å². The van der Waals surface area contributed by atoms with Crippen LogP contribution in [-0.4, -0.2) is 38.6 Å². The number of rotatable bonds is 3. The minimum atomic E-state index is -3.79. The molecule has 0 atom stereocenters. The van der Waals surface area contributed by atoms with Crippen molar-refractivity contribution in [3.63, 3.8) is 0 Å². The molecule has 5 rings (SSSR count). The Balaban J connectivity index is 1.69. The lowest BCUT2D eigenvalue weighted by Gasteiger charge is -2.30. The first kappa shape index (κ1) is 18.5. The Kier molecular flexibility index (Phi) is 4.50. The Morgan fingerprint density at radius 2 is 1.55 bits per heavy atom. The van der Waals surface area contributed by atoms with Crippen LogP contribution < -0.4 is 10.2 Å². The van der Waals surface area contributed by atoms with Gasteiger partial charge in [0.15, 0.2) is 0 Å².